The van der Waals surface area contributed by atoms with Crippen molar-refractivity contribution in [3.63, 3.8) is 0 Å². The molecular formula is C20H22N2O5. The molecule has 3 rings (SSSR count). The first-order valence-corrected chi connectivity index (χ1v) is 8.75. The first-order chi connectivity index (χ1) is 13.2. The van der Waals surface area contributed by atoms with Gasteiger partial charge in [-0.1, -0.05) is 12.1 Å². The van der Waals surface area contributed by atoms with E-state index in [1.54, 1.807) is 18.2 Å². The van der Waals surface area contributed by atoms with Gasteiger partial charge >= 0.3 is 5.97 Å². The number of morpholine rings is 1. The van der Waals surface area contributed by atoms with Crippen LogP contribution in [-0.4, -0.2) is 49.9 Å². The fraction of sp³-hybridized carbons (Fsp3) is 0.300. The molecule has 2 N–H and O–H groups in total. The Morgan fingerprint density at radius 3 is 2.56 bits per heavy atom. The number of esters is 1. The molecule has 1 aliphatic rings. The van der Waals surface area contributed by atoms with Gasteiger partial charge in [-0.15, -0.1) is 0 Å². The van der Waals surface area contributed by atoms with E-state index in [4.69, 9.17) is 14.6 Å². The maximum Gasteiger partial charge on any atom is 0.338 e. The quantitative estimate of drug-likeness (QED) is 0.754. The van der Waals surface area contributed by atoms with Gasteiger partial charge in [-0.25, -0.2) is 4.79 Å². The van der Waals surface area contributed by atoms with Gasteiger partial charge in [0, 0.05) is 24.5 Å². The Morgan fingerprint density at radius 2 is 1.85 bits per heavy atom. The van der Waals surface area contributed by atoms with E-state index in [1.165, 1.54) is 6.07 Å². The number of carbonyl (C=O) groups is 2. The van der Waals surface area contributed by atoms with Crippen molar-refractivity contribution in [1.29, 1.82) is 0 Å². The Kier molecular flexibility index (Phi) is 6.40. The molecule has 7 heteroatoms. The number of amides is 1. The van der Waals surface area contributed by atoms with E-state index >= 15 is 0 Å². The van der Waals surface area contributed by atoms with Crippen molar-refractivity contribution >= 4 is 23.3 Å². The van der Waals surface area contributed by atoms with Gasteiger partial charge in [0.15, 0.2) is 6.61 Å². The summed E-state index contributed by atoms with van der Waals surface area (Å²) in [5, 5.41) is 11.8. The first-order valence-electron chi connectivity index (χ1n) is 8.75. The van der Waals surface area contributed by atoms with E-state index in [0.717, 1.165) is 18.8 Å². The highest BCUT2D eigenvalue weighted by Gasteiger charge is 2.13. The smallest absolute Gasteiger partial charge is 0.338 e. The molecule has 0 radical (unpaired) electrons. The zero-order valence-corrected chi connectivity index (χ0v) is 14.9. The topological polar surface area (TPSA) is 88.1 Å². The lowest BCUT2D eigenvalue weighted by Gasteiger charge is -2.28. The number of ether oxygens (including phenoxy) is 2. The highest BCUT2D eigenvalue weighted by atomic mass is 16.5. The molecule has 0 saturated carbocycles. The number of rotatable bonds is 6. The normalized spacial score (nSPS) is 13.9. The third-order valence-corrected chi connectivity index (χ3v) is 4.21. The van der Waals surface area contributed by atoms with Crippen molar-refractivity contribution in [1.82, 2.24) is 0 Å². The van der Waals surface area contributed by atoms with Gasteiger partial charge in [0.1, 0.15) is 0 Å². The predicted molar refractivity (Wildman–Crippen MR) is 101 cm³/mol. The molecule has 0 spiro atoms. The van der Waals surface area contributed by atoms with E-state index in [-0.39, 0.29) is 13.2 Å². The maximum atomic E-state index is 12.0. The molecule has 1 heterocycles. The Balaban J connectivity index is 1.49. The number of nitrogens with one attached hydrogen (secondary N) is 1. The van der Waals surface area contributed by atoms with Gasteiger partial charge in [0.25, 0.3) is 5.91 Å². The van der Waals surface area contributed by atoms with E-state index in [0.29, 0.717) is 30.0 Å². The molecule has 0 bridgehead atoms. The molecule has 2 aromatic carbocycles. The third kappa shape index (κ3) is 5.29. The summed E-state index contributed by atoms with van der Waals surface area (Å²) in [6.07, 6.45) is 0. The van der Waals surface area contributed by atoms with Crippen LogP contribution < -0.4 is 10.2 Å². The monoisotopic (exact) mass is 370 g/mol. The van der Waals surface area contributed by atoms with Gasteiger partial charge in [-0.3, -0.25) is 4.79 Å². The predicted octanol–water partition coefficient (Wildman–Crippen LogP) is 1.81. The molecule has 1 fully saturated rings. The van der Waals surface area contributed by atoms with Gasteiger partial charge < -0.3 is 24.8 Å². The zero-order chi connectivity index (χ0) is 19.1. The molecular weight excluding hydrogens is 348 g/mol. The SMILES string of the molecule is O=C(COC(=O)c1cccc(CO)c1)Nc1ccc(N2CCOCC2)cc1. The van der Waals surface area contributed by atoms with Crippen molar-refractivity contribution in [2.45, 2.75) is 6.61 Å². The number of anilines is 2. The summed E-state index contributed by atoms with van der Waals surface area (Å²) in [5.41, 5.74) is 2.61. The van der Waals surface area contributed by atoms with Crippen molar-refractivity contribution in [3.05, 3.63) is 59.7 Å². The molecule has 0 aliphatic carbocycles. The summed E-state index contributed by atoms with van der Waals surface area (Å²) in [7, 11) is 0. The van der Waals surface area contributed by atoms with Gasteiger partial charge in [0.2, 0.25) is 0 Å². The lowest BCUT2D eigenvalue weighted by atomic mass is 10.1. The molecule has 27 heavy (non-hydrogen) atoms. The lowest BCUT2D eigenvalue weighted by Crippen LogP contribution is -2.36. The number of nitrogens with zero attached hydrogens (tertiary/aromatic N) is 1. The Labute approximate surface area is 157 Å². The summed E-state index contributed by atoms with van der Waals surface area (Å²) in [6.45, 7) is 2.57. The molecule has 7 nitrogen and oxygen atoms in total. The summed E-state index contributed by atoms with van der Waals surface area (Å²) in [5.74, 6) is -1.02. The van der Waals surface area contributed by atoms with Crippen LogP contribution in [0.4, 0.5) is 11.4 Å². The van der Waals surface area contributed by atoms with Gasteiger partial charge in [-0.05, 0) is 42.0 Å². The van der Waals surface area contributed by atoms with Crippen molar-refractivity contribution in [2.24, 2.45) is 0 Å². The number of hydrogen-bond donors (Lipinski definition) is 2. The minimum absolute atomic E-state index is 0.165. The molecule has 2 aromatic rings. The number of aliphatic hydroxyl groups excluding tert-OH is 1. The minimum atomic E-state index is -0.608. The van der Waals surface area contributed by atoms with Crippen LogP contribution in [0.25, 0.3) is 0 Å². The zero-order valence-electron chi connectivity index (χ0n) is 14.9. The number of hydrogen-bond acceptors (Lipinski definition) is 6. The fourth-order valence-electron chi connectivity index (χ4n) is 2.79. The van der Waals surface area contributed by atoms with Crippen LogP contribution in [0.2, 0.25) is 0 Å². The second-order valence-electron chi connectivity index (χ2n) is 6.13. The number of carbonyl (C=O) groups excluding carboxylic acids is 2. The highest BCUT2D eigenvalue weighted by Crippen LogP contribution is 2.19. The third-order valence-electron chi connectivity index (χ3n) is 4.21. The summed E-state index contributed by atoms with van der Waals surface area (Å²) < 4.78 is 10.4. The summed E-state index contributed by atoms with van der Waals surface area (Å²) >= 11 is 0. The summed E-state index contributed by atoms with van der Waals surface area (Å²) in [6, 6.07) is 14.0. The minimum Gasteiger partial charge on any atom is -0.452 e. The van der Waals surface area contributed by atoms with Crippen LogP contribution in [0.3, 0.4) is 0 Å². The average molecular weight is 370 g/mol. The van der Waals surface area contributed by atoms with Crippen LogP contribution in [0, 0.1) is 0 Å². The Bertz CT molecular complexity index is 785. The van der Waals surface area contributed by atoms with Crippen LogP contribution in [0.5, 0.6) is 0 Å². The average Bonchev–Trinajstić information content (AvgIpc) is 2.73. The van der Waals surface area contributed by atoms with Crippen LogP contribution in [0.15, 0.2) is 48.5 Å². The van der Waals surface area contributed by atoms with Crippen LogP contribution >= 0.6 is 0 Å². The highest BCUT2D eigenvalue weighted by molar-refractivity contribution is 5.95. The van der Waals surface area contributed by atoms with Gasteiger partial charge in [-0.2, -0.15) is 0 Å². The standard InChI is InChI=1S/C20H22N2O5/c23-13-15-2-1-3-16(12-15)20(25)27-14-19(24)21-17-4-6-18(7-5-17)22-8-10-26-11-9-22/h1-7,12,23H,8-11,13-14H2,(H,21,24). The Hall–Kier alpha value is -2.90. The fourth-order valence-corrected chi connectivity index (χ4v) is 2.79. The van der Waals surface area contributed by atoms with Crippen LogP contribution in [0.1, 0.15) is 15.9 Å². The number of benzene rings is 2. The second kappa shape index (κ2) is 9.16. The van der Waals surface area contributed by atoms with Gasteiger partial charge in [0.05, 0.1) is 25.4 Å². The van der Waals surface area contributed by atoms with Crippen LogP contribution in [-0.2, 0) is 20.9 Å². The largest absolute Gasteiger partial charge is 0.452 e. The molecule has 1 saturated heterocycles. The van der Waals surface area contributed by atoms with Crippen molar-refractivity contribution in [2.75, 3.05) is 43.1 Å². The van der Waals surface area contributed by atoms with E-state index in [1.807, 2.05) is 24.3 Å². The lowest BCUT2D eigenvalue weighted by molar-refractivity contribution is -0.119. The molecule has 0 unspecified atom stereocenters. The number of aliphatic hydroxyl groups is 1. The van der Waals surface area contributed by atoms with E-state index in [9.17, 15) is 9.59 Å². The molecule has 1 aliphatic heterocycles. The Morgan fingerprint density at radius 1 is 1.11 bits per heavy atom. The van der Waals surface area contributed by atoms with E-state index < -0.39 is 11.9 Å². The maximum absolute atomic E-state index is 12.0. The summed E-state index contributed by atoms with van der Waals surface area (Å²) in [4.78, 5) is 26.2. The van der Waals surface area contributed by atoms with E-state index in [2.05, 4.69) is 10.2 Å². The molecule has 0 atom stereocenters. The van der Waals surface area contributed by atoms with Crippen molar-refractivity contribution < 1.29 is 24.2 Å². The molecule has 1 amide bonds. The first kappa shape index (κ1) is 18.9. The molecule has 0 aromatic heterocycles. The molecule has 142 valence electrons. The van der Waals surface area contributed by atoms with Crippen molar-refractivity contribution in [3.8, 4) is 0 Å². The second-order valence-corrected chi connectivity index (χ2v) is 6.13.